The molecule has 0 bridgehead atoms. The van der Waals surface area contributed by atoms with E-state index in [-0.39, 0.29) is 6.54 Å². The first-order valence-electron chi connectivity index (χ1n) is 11.7. The maximum atomic E-state index is 13.2. The van der Waals surface area contributed by atoms with Gasteiger partial charge in [-0.1, -0.05) is 35.9 Å². The van der Waals surface area contributed by atoms with E-state index in [2.05, 4.69) is 10.6 Å². The van der Waals surface area contributed by atoms with E-state index in [0.717, 1.165) is 41.0 Å². The summed E-state index contributed by atoms with van der Waals surface area (Å²) in [5.41, 5.74) is 3.75. The van der Waals surface area contributed by atoms with Gasteiger partial charge in [0.1, 0.15) is 23.6 Å². The third-order valence-electron chi connectivity index (χ3n) is 6.65. The summed E-state index contributed by atoms with van der Waals surface area (Å²) in [7, 11) is 0. The van der Waals surface area contributed by atoms with Crippen LogP contribution in [0.4, 0.5) is 10.5 Å². The summed E-state index contributed by atoms with van der Waals surface area (Å²) in [5.74, 6) is 0.458. The maximum Gasteiger partial charge on any atom is 0.325 e. The summed E-state index contributed by atoms with van der Waals surface area (Å²) >= 11 is 0. The van der Waals surface area contributed by atoms with Gasteiger partial charge < -0.3 is 15.4 Å². The molecule has 5 rings (SSSR count). The molecule has 1 heterocycles. The molecule has 1 aliphatic carbocycles. The quantitative estimate of drug-likeness (QED) is 0.513. The van der Waals surface area contributed by atoms with Crippen LogP contribution in [-0.2, 0) is 28.0 Å². The Kier molecular flexibility index (Phi) is 5.76. The Balaban J connectivity index is 1.22. The number of nitrogens with zero attached hydrogens (tertiary/aromatic N) is 1. The number of anilines is 1. The van der Waals surface area contributed by atoms with Gasteiger partial charge in [0.05, 0.1) is 0 Å². The van der Waals surface area contributed by atoms with Gasteiger partial charge in [0.15, 0.2) is 0 Å². The molecule has 3 aromatic carbocycles. The minimum absolute atomic E-state index is 0.368. The van der Waals surface area contributed by atoms with Crippen LogP contribution in [0.1, 0.15) is 35.6 Å². The fourth-order valence-electron chi connectivity index (χ4n) is 4.61. The van der Waals surface area contributed by atoms with Gasteiger partial charge in [-0.15, -0.1) is 0 Å². The van der Waals surface area contributed by atoms with Crippen LogP contribution < -0.4 is 15.4 Å². The highest BCUT2D eigenvalue weighted by Gasteiger charge is 2.49. The molecule has 2 aliphatic rings. The Hall–Kier alpha value is -4.13. The van der Waals surface area contributed by atoms with Gasteiger partial charge in [-0.25, -0.2) is 4.79 Å². The molecule has 0 radical (unpaired) electrons. The smallest absolute Gasteiger partial charge is 0.325 e. The van der Waals surface area contributed by atoms with Crippen molar-refractivity contribution in [3.05, 3.63) is 89.0 Å². The number of benzene rings is 3. The minimum atomic E-state index is -1.19. The average Bonchev–Trinajstić information content (AvgIpc) is 3.40. The molecule has 3 aromatic rings. The number of imide groups is 1. The van der Waals surface area contributed by atoms with E-state index in [1.165, 1.54) is 11.1 Å². The molecule has 0 aromatic heterocycles. The number of fused-ring (bicyclic) bond motifs is 1. The highest BCUT2D eigenvalue weighted by molar-refractivity contribution is 6.10. The number of urea groups is 1. The summed E-state index contributed by atoms with van der Waals surface area (Å²) in [4.78, 5) is 39.5. The van der Waals surface area contributed by atoms with E-state index < -0.39 is 23.4 Å². The van der Waals surface area contributed by atoms with Crippen molar-refractivity contribution in [2.45, 2.75) is 38.6 Å². The zero-order valence-electron chi connectivity index (χ0n) is 19.8. The van der Waals surface area contributed by atoms with E-state index in [1.54, 1.807) is 31.2 Å². The van der Waals surface area contributed by atoms with E-state index in [0.29, 0.717) is 11.4 Å². The molecule has 35 heavy (non-hydrogen) atoms. The number of carbonyl (C=O) groups is 3. The van der Waals surface area contributed by atoms with E-state index >= 15 is 0 Å². The molecule has 1 atom stereocenters. The lowest BCUT2D eigenvalue weighted by Crippen LogP contribution is -2.42. The van der Waals surface area contributed by atoms with Crippen LogP contribution in [-0.4, -0.2) is 29.3 Å². The maximum absolute atomic E-state index is 13.2. The monoisotopic (exact) mass is 469 g/mol. The van der Waals surface area contributed by atoms with Gasteiger partial charge in [0, 0.05) is 5.69 Å². The van der Waals surface area contributed by atoms with Crippen LogP contribution in [0.3, 0.4) is 0 Å². The van der Waals surface area contributed by atoms with Gasteiger partial charge in [0.25, 0.3) is 5.91 Å². The number of hydrogen-bond acceptors (Lipinski definition) is 4. The first-order valence-corrected chi connectivity index (χ1v) is 11.7. The molecule has 178 valence electrons. The number of carbonyl (C=O) groups excluding carboxylic acids is 3. The largest absolute Gasteiger partial charge is 0.457 e. The van der Waals surface area contributed by atoms with Crippen LogP contribution in [0.15, 0.2) is 66.7 Å². The number of nitrogens with one attached hydrogen (secondary N) is 2. The fourth-order valence-corrected chi connectivity index (χ4v) is 4.61. The van der Waals surface area contributed by atoms with Crippen molar-refractivity contribution in [3.63, 3.8) is 0 Å². The molecule has 1 saturated heterocycles. The second kappa shape index (κ2) is 8.91. The van der Waals surface area contributed by atoms with Crippen molar-refractivity contribution >= 4 is 23.5 Å². The van der Waals surface area contributed by atoms with E-state index in [4.69, 9.17) is 4.74 Å². The minimum Gasteiger partial charge on any atom is -0.457 e. The van der Waals surface area contributed by atoms with Gasteiger partial charge in [-0.05, 0) is 86.2 Å². The second-order valence-corrected chi connectivity index (χ2v) is 9.27. The van der Waals surface area contributed by atoms with Crippen LogP contribution in [0.25, 0.3) is 0 Å². The number of ether oxygens (including phenoxy) is 1. The number of rotatable bonds is 6. The van der Waals surface area contributed by atoms with Crippen LogP contribution >= 0.6 is 0 Å². The predicted octanol–water partition coefficient (Wildman–Crippen LogP) is 4.68. The Morgan fingerprint density at radius 1 is 0.971 bits per heavy atom. The Morgan fingerprint density at radius 3 is 2.34 bits per heavy atom. The predicted molar refractivity (Wildman–Crippen MR) is 132 cm³/mol. The summed E-state index contributed by atoms with van der Waals surface area (Å²) < 4.78 is 5.80. The molecule has 7 nitrogen and oxygen atoms in total. The molecule has 0 spiro atoms. The lowest BCUT2D eigenvalue weighted by molar-refractivity contribution is -0.133. The molecule has 4 amide bonds. The highest BCUT2D eigenvalue weighted by atomic mass is 16.5. The summed E-state index contributed by atoms with van der Waals surface area (Å²) in [6, 6.07) is 20.0. The van der Waals surface area contributed by atoms with E-state index in [1.807, 2.05) is 49.4 Å². The number of hydrogen-bond donors (Lipinski definition) is 2. The Labute approximate surface area is 204 Å². The zero-order chi connectivity index (χ0) is 24.6. The zero-order valence-corrected chi connectivity index (χ0v) is 19.8. The van der Waals surface area contributed by atoms with Crippen molar-refractivity contribution in [2.24, 2.45) is 0 Å². The topological polar surface area (TPSA) is 87.7 Å². The molecular formula is C28H27N3O4. The van der Waals surface area contributed by atoms with Crippen molar-refractivity contribution in [3.8, 4) is 11.5 Å². The second-order valence-electron chi connectivity index (χ2n) is 9.27. The van der Waals surface area contributed by atoms with Crippen molar-refractivity contribution in [2.75, 3.05) is 11.9 Å². The summed E-state index contributed by atoms with van der Waals surface area (Å²) in [5, 5.41) is 5.52. The normalized spacial score (nSPS) is 18.9. The SMILES string of the molecule is Cc1ccc(Oc2ccc(NC(=O)CN3C(=O)N[C@](C)(c4ccc5c(c4)CCC5)C3=O)cc2)cc1. The number of amides is 4. The van der Waals surface area contributed by atoms with Crippen molar-refractivity contribution in [1.82, 2.24) is 10.2 Å². The first-order chi connectivity index (χ1) is 16.8. The average molecular weight is 470 g/mol. The third kappa shape index (κ3) is 4.49. The van der Waals surface area contributed by atoms with Crippen LogP contribution in [0, 0.1) is 6.92 Å². The number of aryl methyl sites for hydroxylation is 3. The van der Waals surface area contributed by atoms with Crippen LogP contribution in [0.2, 0.25) is 0 Å². The summed E-state index contributed by atoms with van der Waals surface area (Å²) in [6.45, 7) is 3.33. The summed E-state index contributed by atoms with van der Waals surface area (Å²) in [6.07, 6.45) is 3.11. The molecular weight excluding hydrogens is 442 g/mol. The van der Waals surface area contributed by atoms with Crippen molar-refractivity contribution < 1.29 is 19.1 Å². The standard InChI is InChI=1S/C28H27N3O4/c1-18-6-12-23(13-7-18)35-24-14-10-22(11-15-24)29-25(32)17-31-26(33)28(2,30-27(31)34)21-9-8-19-4-3-5-20(19)16-21/h6-16H,3-5,17H2,1-2H3,(H,29,32)(H,30,34)/t28-/m1/s1. The van der Waals surface area contributed by atoms with Gasteiger partial charge >= 0.3 is 6.03 Å². The highest BCUT2D eigenvalue weighted by Crippen LogP contribution is 2.32. The van der Waals surface area contributed by atoms with Gasteiger partial charge in [0.2, 0.25) is 5.91 Å². The first kappa shape index (κ1) is 22.7. The third-order valence-corrected chi connectivity index (χ3v) is 6.65. The fraction of sp³-hybridized carbons (Fsp3) is 0.250. The Morgan fingerprint density at radius 2 is 1.63 bits per heavy atom. The molecule has 1 fully saturated rings. The van der Waals surface area contributed by atoms with E-state index in [9.17, 15) is 14.4 Å². The van der Waals surface area contributed by atoms with Gasteiger partial charge in [-0.2, -0.15) is 0 Å². The molecule has 7 heteroatoms. The lowest BCUT2D eigenvalue weighted by Gasteiger charge is -2.23. The Bertz CT molecular complexity index is 1300. The molecule has 2 N–H and O–H groups in total. The van der Waals surface area contributed by atoms with Gasteiger partial charge in [-0.3, -0.25) is 14.5 Å². The van der Waals surface area contributed by atoms with Crippen molar-refractivity contribution in [1.29, 1.82) is 0 Å². The lowest BCUT2D eigenvalue weighted by atomic mass is 9.89. The molecule has 0 saturated carbocycles. The van der Waals surface area contributed by atoms with Crippen LogP contribution in [0.5, 0.6) is 11.5 Å². The molecule has 0 unspecified atom stereocenters. The molecule has 1 aliphatic heterocycles.